The summed E-state index contributed by atoms with van der Waals surface area (Å²) in [5.41, 5.74) is 1.59. The van der Waals surface area contributed by atoms with E-state index >= 15 is 0 Å². The van der Waals surface area contributed by atoms with Gasteiger partial charge in [0.1, 0.15) is 0 Å². The third-order valence-corrected chi connectivity index (χ3v) is 6.93. The molecule has 3 atom stereocenters. The predicted octanol–water partition coefficient (Wildman–Crippen LogP) is 2.91. The molecule has 0 spiro atoms. The monoisotopic (exact) mass is 366 g/mol. The van der Waals surface area contributed by atoms with Crippen LogP contribution in [0.4, 0.5) is 0 Å². The molecular weight excluding hydrogens is 336 g/mol. The van der Waals surface area contributed by atoms with Gasteiger partial charge in [-0.25, -0.2) is 13.1 Å². The molecule has 0 aliphatic heterocycles. The molecule has 1 saturated carbocycles. The molecule has 0 heterocycles. The Balaban J connectivity index is 1.87. The van der Waals surface area contributed by atoms with Crippen molar-refractivity contribution in [2.45, 2.75) is 64.3 Å². The Kier molecular flexibility index (Phi) is 6.63. The van der Waals surface area contributed by atoms with Gasteiger partial charge in [0.25, 0.3) is 0 Å². The third kappa shape index (κ3) is 5.28. The maximum Gasteiger partial charge on any atom is 0.240 e. The van der Waals surface area contributed by atoms with E-state index in [1.165, 1.54) is 6.42 Å². The predicted molar refractivity (Wildman–Crippen MR) is 99.8 cm³/mol. The molecular formula is C19H30N2O3S. The van der Waals surface area contributed by atoms with Crippen LogP contribution in [0.2, 0.25) is 0 Å². The first-order chi connectivity index (χ1) is 11.7. The van der Waals surface area contributed by atoms with E-state index in [1.807, 2.05) is 13.0 Å². The normalized spacial score (nSPS) is 24.1. The van der Waals surface area contributed by atoms with E-state index in [4.69, 9.17) is 0 Å². The second-order valence-electron chi connectivity index (χ2n) is 7.36. The zero-order valence-corrected chi connectivity index (χ0v) is 16.4. The SMILES string of the molecule is Cc1ccc(C)c(S(=O)(=O)NCCC(=O)NC2CCCC(C)C2C)c1. The largest absolute Gasteiger partial charge is 0.353 e. The first kappa shape index (κ1) is 19.9. The minimum atomic E-state index is -3.59. The molecule has 5 nitrogen and oxygen atoms in total. The molecule has 0 bridgehead atoms. The lowest BCUT2D eigenvalue weighted by atomic mass is 9.78. The Morgan fingerprint density at radius 1 is 1.20 bits per heavy atom. The summed E-state index contributed by atoms with van der Waals surface area (Å²) in [6.45, 7) is 8.14. The average Bonchev–Trinajstić information content (AvgIpc) is 2.54. The van der Waals surface area contributed by atoms with Crippen molar-refractivity contribution >= 4 is 15.9 Å². The van der Waals surface area contributed by atoms with E-state index in [0.717, 1.165) is 18.4 Å². The summed E-state index contributed by atoms with van der Waals surface area (Å²) >= 11 is 0. The number of nitrogens with one attached hydrogen (secondary N) is 2. The Bertz CT molecular complexity index is 715. The maximum absolute atomic E-state index is 12.4. The molecule has 1 aliphatic rings. The van der Waals surface area contributed by atoms with Crippen molar-refractivity contribution in [3.63, 3.8) is 0 Å². The highest BCUT2D eigenvalue weighted by Crippen LogP contribution is 2.29. The molecule has 0 saturated heterocycles. The second-order valence-corrected chi connectivity index (χ2v) is 9.09. The number of amides is 1. The summed E-state index contributed by atoms with van der Waals surface area (Å²) in [4.78, 5) is 12.4. The molecule has 6 heteroatoms. The smallest absolute Gasteiger partial charge is 0.240 e. The molecule has 1 amide bonds. The summed E-state index contributed by atoms with van der Waals surface area (Å²) in [7, 11) is -3.59. The van der Waals surface area contributed by atoms with Crippen LogP contribution in [0.25, 0.3) is 0 Å². The number of benzene rings is 1. The quantitative estimate of drug-likeness (QED) is 0.813. The third-order valence-electron chi connectivity index (χ3n) is 5.33. The van der Waals surface area contributed by atoms with E-state index in [9.17, 15) is 13.2 Å². The van der Waals surface area contributed by atoms with Crippen LogP contribution in [0.1, 0.15) is 50.7 Å². The van der Waals surface area contributed by atoms with Crippen molar-refractivity contribution in [3.8, 4) is 0 Å². The first-order valence-corrected chi connectivity index (χ1v) is 10.6. The van der Waals surface area contributed by atoms with Gasteiger partial charge in [-0.2, -0.15) is 0 Å². The van der Waals surface area contributed by atoms with E-state index in [0.29, 0.717) is 17.4 Å². The van der Waals surface area contributed by atoms with E-state index in [-0.39, 0.29) is 29.8 Å². The van der Waals surface area contributed by atoms with Gasteiger partial charge in [0.2, 0.25) is 15.9 Å². The van der Waals surface area contributed by atoms with E-state index in [1.54, 1.807) is 19.1 Å². The lowest BCUT2D eigenvalue weighted by Gasteiger charge is -2.34. The lowest BCUT2D eigenvalue weighted by Crippen LogP contribution is -2.44. The van der Waals surface area contributed by atoms with Gasteiger partial charge in [-0.3, -0.25) is 4.79 Å². The van der Waals surface area contributed by atoms with Gasteiger partial charge in [0.15, 0.2) is 0 Å². The van der Waals surface area contributed by atoms with Crippen molar-refractivity contribution < 1.29 is 13.2 Å². The zero-order valence-electron chi connectivity index (χ0n) is 15.6. The Labute approximate surface area is 151 Å². The van der Waals surface area contributed by atoms with Gasteiger partial charge in [-0.1, -0.05) is 38.8 Å². The van der Waals surface area contributed by atoms with Crippen molar-refractivity contribution in [1.29, 1.82) is 0 Å². The summed E-state index contributed by atoms with van der Waals surface area (Å²) in [5.74, 6) is 0.987. The molecule has 1 fully saturated rings. The molecule has 2 rings (SSSR count). The van der Waals surface area contributed by atoms with Crippen LogP contribution >= 0.6 is 0 Å². The first-order valence-electron chi connectivity index (χ1n) is 9.07. The van der Waals surface area contributed by atoms with Gasteiger partial charge >= 0.3 is 0 Å². The minimum absolute atomic E-state index is 0.0883. The Morgan fingerprint density at radius 2 is 1.92 bits per heavy atom. The molecule has 1 aliphatic carbocycles. The summed E-state index contributed by atoms with van der Waals surface area (Å²) in [6.07, 6.45) is 3.51. The average molecular weight is 367 g/mol. The Morgan fingerprint density at radius 3 is 2.64 bits per heavy atom. The lowest BCUT2D eigenvalue weighted by molar-refractivity contribution is -0.122. The summed E-state index contributed by atoms with van der Waals surface area (Å²) < 4.78 is 27.4. The Hall–Kier alpha value is -1.40. The van der Waals surface area contributed by atoms with E-state index < -0.39 is 10.0 Å². The molecule has 0 radical (unpaired) electrons. The molecule has 25 heavy (non-hydrogen) atoms. The van der Waals surface area contributed by atoms with Crippen molar-refractivity contribution in [2.75, 3.05) is 6.54 Å². The van der Waals surface area contributed by atoms with Crippen molar-refractivity contribution in [3.05, 3.63) is 29.3 Å². The fraction of sp³-hybridized carbons (Fsp3) is 0.632. The number of rotatable bonds is 6. The van der Waals surface area contributed by atoms with Crippen molar-refractivity contribution in [2.24, 2.45) is 11.8 Å². The molecule has 2 N–H and O–H groups in total. The minimum Gasteiger partial charge on any atom is -0.353 e. The number of aryl methyl sites for hydroxylation is 2. The zero-order chi connectivity index (χ0) is 18.6. The van der Waals surface area contributed by atoms with Gasteiger partial charge in [-0.05, 0) is 49.3 Å². The fourth-order valence-electron chi connectivity index (χ4n) is 3.44. The molecule has 1 aromatic rings. The molecule has 140 valence electrons. The van der Waals surface area contributed by atoms with Crippen LogP contribution in [0.5, 0.6) is 0 Å². The molecule has 0 aromatic heterocycles. The molecule has 3 unspecified atom stereocenters. The number of hydrogen-bond acceptors (Lipinski definition) is 3. The van der Waals surface area contributed by atoms with Crippen molar-refractivity contribution in [1.82, 2.24) is 10.0 Å². The summed E-state index contributed by atoms with van der Waals surface area (Å²) in [5, 5.41) is 3.07. The topological polar surface area (TPSA) is 75.3 Å². The number of sulfonamides is 1. The standard InChI is InChI=1S/C19H30N2O3S/c1-13-8-9-15(3)18(12-13)25(23,24)20-11-10-19(22)21-17-7-5-6-14(2)16(17)4/h8-9,12,14,16-17,20H,5-7,10-11H2,1-4H3,(H,21,22). The maximum atomic E-state index is 12.4. The second kappa shape index (κ2) is 8.32. The van der Waals surface area contributed by atoms with Gasteiger partial charge in [-0.15, -0.1) is 0 Å². The summed E-state index contributed by atoms with van der Waals surface area (Å²) in [6, 6.07) is 5.53. The van der Waals surface area contributed by atoms with Crippen LogP contribution < -0.4 is 10.0 Å². The van der Waals surface area contributed by atoms with Gasteiger partial charge in [0, 0.05) is 19.0 Å². The highest BCUT2D eigenvalue weighted by molar-refractivity contribution is 7.89. The number of carbonyl (C=O) groups is 1. The number of carbonyl (C=O) groups excluding carboxylic acids is 1. The number of hydrogen-bond donors (Lipinski definition) is 2. The van der Waals surface area contributed by atoms with Crippen LogP contribution in [-0.2, 0) is 14.8 Å². The van der Waals surface area contributed by atoms with Crippen LogP contribution in [0, 0.1) is 25.7 Å². The highest BCUT2D eigenvalue weighted by Gasteiger charge is 2.28. The van der Waals surface area contributed by atoms with E-state index in [2.05, 4.69) is 23.9 Å². The van der Waals surface area contributed by atoms with Gasteiger partial charge in [0.05, 0.1) is 4.90 Å². The molecule has 1 aromatic carbocycles. The van der Waals surface area contributed by atoms with Crippen LogP contribution in [-0.4, -0.2) is 26.9 Å². The van der Waals surface area contributed by atoms with Crippen LogP contribution in [0.15, 0.2) is 23.1 Å². The fourth-order valence-corrected chi connectivity index (χ4v) is 4.80. The highest BCUT2D eigenvalue weighted by atomic mass is 32.2. The van der Waals surface area contributed by atoms with Crippen LogP contribution in [0.3, 0.4) is 0 Å². The van der Waals surface area contributed by atoms with Gasteiger partial charge < -0.3 is 5.32 Å².